The molecule has 4 nitrogen and oxygen atoms in total. The summed E-state index contributed by atoms with van der Waals surface area (Å²) in [5.74, 6) is 0.398. The minimum atomic E-state index is -0.284. The van der Waals surface area contributed by atoms with Crippen LogP contribution in [0.25, 0.3) is 6.08 Å². The van der Waals surface area contributed by atoms with Gasteiger partial charge in [0.05, 0.1) is 0 Å². The number of nitrogens with one attached hydrogen (secondary N) is 1. The average molecular weight is 391 g/mol. The molecule has 28 heavy (non-hydrogen) atoms. The summed E-state index contributed by atoms with van der Waals surface area (Å²) in [7, 11) is 0. The SMILES string of the molecule is O=C(N/N=C/C=C/c1ccccc1)c1ccc(OCc2ccc(Cl)cc2)cc1. The summed E-state index contributed by atoms with van der Waals surface area (Å²) in [5, 5.41) is 4.61. The van der Waals surface area contributed by atoms with Crippen molar-refractivity contribution in [3.05, 3.63) is 107 Å². The number of amides is 1. The zero-order valence-corrected chi connectivity index (χ0v) is 15.8. The Morgan fingerprint density at radius 1 is 0.964 bits per heavy atom. The molecule has 0 spiro atoms. The van der Waals surface area contributed by atoms with E-state index in [4.69, 9.17) is 16.3 Å². The normalized spacial score (nSPS) is 11.0. The van der Waals surface area contributed by atoms with Crippen LogP contribution >= 0.6 is 11.6 Å². The van der Waals surface area contributed by atoms with Gasteiger partial charge in [-0.1, -0.05) is 60.1 Å². The number of carbonyl (C=O) groups is 1. The largest absolute Gasteiger partial charge is 0.489 e. The fraction of sp³-hybridized carbons (Fsp3) is 0.0435. The number of allylic oxidation sites excluding steroid dienone is 1. The highest BCUT2D eigenvalue weighted by Gasteiger charge is 2.04. The molecular formula is C23H19ClN2O2. The molecule has 0 radical (unpaired) electrons. The van der Waals surface area contributed by atoms with Crippen molar-refractivity contribution < 1.29 is 9.53 Å². The van der Waals surface area contributed by atoms with Crippen molar-refractivity contribution >= 4 is 29.8 Å². The summed E-state index contributed by atoms with van der Waals surface area (Å²) in [5.41, 5.74) is 5.08. The highest BCUT2D eigenvalue weighted by Crippen LogP contribution is 2.15. The molecule has 5 heteroatoms. The first-order valence-corrected chi connectivity index (χ1v) is 9.11. The summed E-state index contributed by atoms with van der Waals surface area (Å²) < 4.78 is 5.71. The van der Waals surface area contributed by atoms with Crippen molar-refractivity contribution in [1.82, 2.24) is 5.43 Å². The number of ether oxygens (including phenoxy) is 1. The van der Waals surface area contributed by atoms with Crippen LogP contribution in [0.5, 0.6) is 5.75 Å². The van der Waals surface area contributed by atoms with Gasteiger partial charge < -0.3 is 4.74 Å². The molecule has 1 N–H and O–H groups in total. The van der Waals surface area contributed by atoms with Gasteiger partial charge in [-0.25, -0.2) is 5.43 Å². The summed E-state index contributed by atoms with van der Waals surface area (Å²) >= 11 is 5.87. The lowest BCUT2D eigenvalue weighted by atomic mass is 10.2. The highest BCUT2D eigenvalue weighted by atomic mass is 35.5. The van der Waals surface area contributed by atoms with E-state index in [1.807, 2.05) is 60.7 Å². The van der Waals surface area contributed by atoms with E-state index in [9.17, 15) is 4.79 Å². The van der Waals surface area contributed by atoms with E-state index in [0.29, 0.717) is 22.9 Å². The number of benzene rings is 3. The quantitative estimate of drug-likeness (QED) is 0.436. The van der Waals surface area contributed by atoms with E-state index in [2.05, 4.69) is 10.5 Å². The number of halogens is 1. The van der Waals surface area contributed by atoms with Crippen molar-refractivity contribution in [3.8, 4) is 5.75 Å². The fourth-order valence-corrected chi connectivity index (χ4v) is 2.50. The van der Waals surface area contributed by atoms with Crippen LogP contribution in [0.15, 0.2) is 90.0 Å². The molecule has 1 amide bonds. The maximum absolute atomic E-state index is 12.1. The fourth-order valence-electron chi connectivity index (χ4n) is 2.37. The molecule has 0 aliphatic carbocycles. The van der Waals surface area contributed by atoms with Gasteiger partial charge in [0.25, 0.3) is 5.91 Å². The van der Waals surface area contributed by atoms with Crippen molar-refractivity contribution in [1.29, 1.82) is 0 Å². The number of hydrazone groups is 1. The summed E-state index contributed by atoms with van der Waals surface area (Å²) in [6.45, 7) is 0.431. The lowest BCUT2D eigenvalue weighted by Crippen LogP contribution is -2.17. The number of nitrogens with zero attached hydrogens (tertiary/aromatic N) is 1. The first-order chi connectivity index (χ1) is 13.7. The van der Waals surface area contributed by atoms with Gasteiger partial charge in [0.2, 0.25) is 0 Å². The van der Waals surface area contributed by atoms with E-state index >= 15 is 0 Å². The standard InChI is InChI=1S/C23H19ClN2O2/c24-21-12-8-19(9-13-21)17-28-22-14-10-20(11-15-22)23(27)26-25-16-4-7-18-5-2-1-3-6-18/h1-16H,17H2,(H,26,27)/b7-4+,25-16+. The van der Waals surface area contributed by atoms with Gasteiger partial charge in [0, 0.05) is 16.8 Å². The van der Waals surface area contributed by atoms with Gasteiger partial charge in [-0.15, -0.1) is 0 Å². The van der Waals surface area contributed by atoms with Gasteiger partial charge >= 0.3 is 0 Å². The Morgan fingerprint density at radius 3 is 2.39 bits per heavy atom. The highest BCUT2D eigenvalue weighted by molar-refractivity contribution is 6.30. The van der Waals surface area contributed by atoms with Crippen LogP contribution in [0.1, 0.15) is 21.5 Å². The molecule has 3 rings (SSSR count). The summed E-state index contributed by atoms with van der Waals surface area (Å²) in [4.78, 5) is 12.1. The Labute approximate surface area is 169 Å². The van der Waals surface area contributed by atoms with E-state index in [-0.39, 0.29) is 5.91 Å². The van der Waals surface area contributed by atoms with Crippen molar-refractivity contribution in [2.75, 3.05) is 0 Å². The van der Waals surface area contributed by atoms with E-state index < -0.39 is 0 Å². The second kappa shape index (κ2) is 10.1. The van der Waals surface area contributed by atoms with Gasteiger partial charge in [-0.3, -0.25) is 4.79 Å². The topological polar surface area (TPSA) is 50.7 Å². The maximum Gasteiger partial charge on any atom is 0.271 e. The zero-order valence-electron chi connectivity index (χ0n) is 15.1. The number of hydrogen-bond acceptors (Lipinski definition) is 3. The van der Waals surface area contributed by atoms with Crippen molar-refractivity contribution in [2.24, 2.45) is 5.10 Å². The lowest BCUT2D eigenvalue weighted by molar-refractivity contribution is 0.0955. The summed E-state index contributed by atoms with van der Waals surface area (Å²) in [6.07, 6.45) is 5.21. The van der Waals surface area contributed by atoms with Gasteiger partial charge in [-0.2, -0.15) is 5.10 Å². The molecule has 0 saturated carbocycles. The van der Waals surface area contributed by atoms with E-state index in [0.717, 1.165) is 11.1 Å². The Kier molecular flexibility index (Phi) is 6.99. The Morgan fingerprint density at radius 2 is 1.68 bits per heavy atom. The van der Waals surface area contributed by atoms with E-state index in [1.165, 1.54) is 6.21 Å². The second-order valence-corrected chi connectivity index (χ2v) is 6.36. The molecule has 0 bridgehead atoms. The van der Waals surface area contributed by atoms with Crippen molar-refractivity contribution in [2.45, 2.75) is 6.61 Å². The lowest BCUT2D eigenvalue weighted by Gasteiger charge is -2.07. The third-order valence-electron chi connectivity index (χ3n) is 3.85. The van der Waals surface area contributed by atoms with E-state index in [1.54, 1.807) is 30.3 Å². The third-order valence-corrected chi connectivity index (χ3v) is 4.10. The molecule has 0 aliphatic heterocycles. The Bertz CT molecular complexity index is 950. The van der Waals surface area contributed by atoms with Crippen LogP contribution in [-0.4, -0.2) is 12.1 Å². The monoisotopic (exact) mass is 390 g/mol. The molecule has 0 saturated heterocycles. The van der Waals surface area contributed by atoms with Crippen LogP contribution in [0.3, 0.4) is 0 Å². The van der Waals surface area contributed by atoms with Crippen molar-refractivity contribution in [3.63, 3.8) is 0 Å². The molecule has 0 aliphatic rings. The molecule has 0 heterocycles. The molecule has 3 aromatic rings. The van der Waals surface area contributed by atoms with Gasteiger partial charge in [-0.05, 0) is 53.6 Å². The van der Waals surface area contributed by atoms with Crippen LogP contribution in [-0.2, 0) is 6.61 Å². The Balaban J connectivity index is 1.47. The molecule has 140 valence electrons. The summed E-state index contributed by atoms with van der Waals surface area (Å²) in [6, 6.07) is 24.2. The van der Waals surface area contributed by atoms with Crippen LogP contribution < -0.4 is 10.2 Å². The number of rotatable bonds is 7. The Hall–Kier alpha value is -3.37. The maximum atomic E-state index is 12.1. The molecule has 0 aromatic heterocycles. The number of hydrogen-bond donors (Lipinski definition) is 1. The van der Waals surface area contributed by atoms with Crippen LogP contribution in [0, 0.1) is 0 Å². The first-order valence-electron chi connectivity index (χ1n) is 8.73. The van der Waals surface area contributed by atoms with Crippen LogP contribution in [0.2, 0.25) is 5.02 Å². The predicted octanol–water partition coefficient (Wildman–Crippen LogP) is 5.35. The minimum absolute atomic E-state index is 0.284. The average Bonchev–Trinajstić information content (AvgIpc) is 2.74. The van der Waals surface area contributed by atoms with Gasteiger partial charge in [0.15, 0.2) is 0 Å². The molecule has 3 aromatic carbocycles. The number of carbonyl (C=O) groups excluding carboxylic acids is 1. The second-order valence-electron chi connectivity index (χ2n) is 5.93. The first kappa shape index (κ1) is 19.4. The molecule has 0 atom stereocenters. The smallest absolute Gasteiger partial charge is 0.271 e. The minimum Gasteiger partial charge on any atom is -0.489 e. The molecule has 0 fully saturated rings. The third kappa shape index (κ3) is 6.11. The van der Waals surface area contributed by atoms with Crippen LogP contribution in [0.4, 0.5) is 0 Å². The molecule has 0 unspecified atom stereocenters. The zero-order chi connectivity index (χ0) is 19.6. The van der Waals surface area contributed by atoms with Gasteiger partial charge in [0.1, 0.15) is 12.4 Å². The molecular weight excluding hydrogens is 372 g/mol. The predicted molar refractivity (Wildman–Crippen MR) is 114 cm³/mol.